The molecule has 0 radical (unpaired) electrons. The number of nitrogens with one attached hydrogen (secondary N) is 1. The predicted molar refractivity (Wildman–Crippen MR) is 166 cm³/mol. The second-order valence-electron chi connectivity index (χ2n) is 12.4. The Morgan fingerprint density at radius 3 is 2.38 bits per heavy atom. The number of aromatic nitrogens is 2. The molecule has 1 saturated heterocycles. The van der Waals surface area contributed by atoms with Gasteiger partial charge in [0.25, 0.3) is 10.0 Å². The lowest BCUT2D eigenvalue weighted by Gasteiger charge is -2.35. The third-order valence-corrected chi connectivity index (χ3v) is 8.73. The Labute approximate surface area is 250 Å². The molecule has 42 heavy (non-hydrogen) atoms. The van der Waals surface area contributed by atoms with E-state index in [0.29, 0.717) is 25.3 Å². The average Bonchev–Trinajstić information content (AvgIpc) is 2.88. The highest BCUT2D eigenvalue weighted by molar-refractivity contribution is 7.92. The van der Waals surface area contributed by atoms with Gasteiger partial charge in [-0.3, -0.25) is 9.69 Å². The number of anilines is 1. The molecular formula is C32H43N5O4S. The highest BCUT2D eigenvalue weighted by Crippen LogP contribution is 2.30. The molecule has 1 amide bonds. The van der Waals surface area contributed by atoms with Crippen molar-refractivity contribution in [2.24, 2.45) is 5.41 Å². The molecule has 1 fully saturated rings. The number of ether oxygens (including phenoxy) is 1. The molecule has 1 aliphatic heterocycles. The van der Waals surface area contributed by atoms with Crippen molar-refractivity contribution >= 4 is 22.4 Å². The second kappa shape index (κ2) is 13.2. The fraction of sp³-hybridized carbons (Fsp3) is 0.469. The Hall–Kier alpha value is -3.50. The average molecular weight is 594 g/mol. The Morgan fingerprint density at radius 1 is 1.00 bits per heavy atom. The van der Waals surface area contributed by atoms with E-state index in [1.54, 1.807) is 23.1 Å². The molecular weight excluding hydrogens is 550 g/mol. The van der Waals surface area contributed by atoms with Crippen LogP contribution >= 0.6 is 0 Å². The summed E-state index contributed by atoms with van der Waals surface area (Å²) in [6.07, 6.45) is 2.43. The van der Waals surface area contributed by atoms with Crippen LogP contribution < -0.4 is 9.46 Å². The molecule has 1 aliphatic rings. The molecule has 0 saturated carbocycles. The summed E-state index contributed by atoms with van der Waals surface area (Å²) in [4.78, 5) is 25.2. The van der Waals surface area contributed by atoms with Gasteiger partial charge in [-0.1, -0.05) is 51.1 Å². The van der Waals surface area contributed by atoms with Gasteiger partial charge >= 0.3 is 0 Å². The molecule has 2 aromatic carbocycles. The van der Waals surface area contributed by atoms with Crippen molar-refractivity contribution < 1.29 is 17.9 Å². The summed E-state index contributed by atoms with van der Waals surface area (Å²) in [6.45, 7) is 16.0. The van der Waals surface area contributed by atoms with Crippen molar-refractivity contribution in [1.82, 2.24) is 19.8 Å². The monoisotopic (exact) mass is 593 g/mol. The number of hydrogen-bond donors (Lipinski definition) is 1. The number of nitrogens with zero attached hydrogens (tertiary/aromatic N) is 4. The molecule has 0 bridgehead atoms. The molecule has 3 aromatic rings. The largest absolute Gasteiger partial charge is 0.471 e. The molecule has 0 aliphatic carbocycles. The first-order valence-corrected chi connectivity index (χ1v) is 15.9. The number of hydrogen-bond acceptors (Lipinski definition) is 7. The van der Waals surface area contributed by atoms with Crippen LogP contribution in [0, 0.1) is 26.2 Å². The first kappa shape index (κ1) is 31.4. The molecule has 1 atom stereocenters. The summed E-state index contributed by atoms with van der Waals surface area (Å²) in [5, 5.41) is 0. The molecule has 2 heterocycles. The second-order valence-corrected chi connectivity index (χ2v) is 14.1. The van der Waals surface area contributed by atoms with Gasteiger partial charge in [-0.25, -0.2) is 18.1 Å². The minimum absolute atomic E-state index is 0.0747. The van der Waals surface area contributed by atoms with Crippen LogP contribution in [0.4, 0.5) is 5.95 Å². The minimum Gasteiger partial charge on any atom is -0.471 e. The van der Waals surface area contributed by atoms with Crippen LogP contribution in [0.1, 0.15) is 50.3 Å². The predicted octanol–water partition coefficient (Wildman–Crippen LogP) is 5.22. The zero-order valence-electron chi connectivity index (χ0n) is 25.6. The highest BCUT2D eigenvalue weighted by Gasteiger charge is 2.25. The summed E-state index contributed by atoms with van der Waals surface area (Å²) in [6, 6.07) is 14.4. The van der Waals surface area contributed by atoms with Crippen LogP contribution in [0.3, 0.4) is 0 Å². The molecule has 1 unspecified atom stereocenters. The van der Waals surface area contributed by atoms with Gasteiger partial charge in [-0.15, -0.1) is 0 Å². The number of amides is 1. The first-order valence-electron chi connectivity index (χ1n) is 14.5. The van der Waals surface area contributed by atoms with Crippen molar-refractivity contribution in [3.63, 3.8) is 0 Å². The lowest BCUT2D eigenvalue weighted by atomic mass is 9.92. The minimum atomic E-state index is -3.95. The maximum Gasteiger partial charge on any atom is 0.264 e. The Bertz CT molecular complexity index is 1480. The molecule has 0 spiro atoms. The van der Waals surface area contributed by atoms with Crippen LogP contribution in [0.25, 0.3) is 11.3 Å². The number of sulfonamides is 1. The van der Waals surface area contributed by atoms with Crippen LogP contribution in [0.5, 0.6) is 5.88 Å². The van der Waals surface area contributed by atoms with Crippen molar-refractivity contribution in [3.05, 3.63) is 65.2 Å². The normalized spacial score (nSPS) is 16.9. The topological polar surface area (TPSA) is 105 Å². The van der Waals surface area contributed by atoms with E-state index in [9.17, 15) is 13.2 Å². The van der Waals surface area contributed by atoms with E-state index in [-0.39, 0.29) is 28.2 Å². The standard InChI is InChI=1S/C32H43N5O4S/c1-23-10-7-13-27(18-23)42(39,40)35-31-33-28(30-24(2)11-8-12-25(30)3)19-29(34-31)41-26-20-36(17-14-32(4,5)6)15-9-16-37(21-26)22-38/h7-8,10-13,18-19,22,26H,9,14-17,20-21H2,1-6H3,(H,33,34,35). The van der Waals surface area contributed by atoms with E-state index < -0.39 is 10.0 Å². The van der Waals surface area contributed by atoms with E-state index in [1.165, 1.54) is 6.07 Å². The zero-order valence-corrected chi connectivity index (χ0v) is 26.4. The van der Waals surface area contributed by atoms with E-state index >= 15 is 0 Å². The quantitative estimate of drug-likeness (QED) is 0.339. The summed E-state index contributed by atoms with van der Waals surface area (Å²) < 4.78 is 35.7. The number of rotatable bonds is 9. The Balaban J connectivity index is 1.71. The van der Waals surface area contributed by atoms with Crippen molar-refractivity contribution in [1.29, 1.82) is 0 Å². The van der Waals surface area contributed by atoms with Crippen LogP contribution in [-0.4, -0.2) is 73.4 Å². The lowest BCUT2D eigenvalue weighted by Crippen LogP contribution is -2.47. The maximum atomic E-state index is 13.3. The SMILES string of the molecule is Cc1cccc(S(=O)(=O)Nc2nc(OC3CN(C=O)CCCN(CCC(C)(C)C)C3)cc(-c3c(C)cccc3C)n2)c1. The number of aryl methyl sites for hydroxylation is 3. The maximum absolute atomic E-state index is 13.3. The molecule has 226 valence electrons. The van der Waals surface area contributed by atoms with Gasteiger partial charge in [0.05, 0.1) is 17.1 Å². The van der Waals surface area contributed by atoms with Gasteiger partial charge in [0.2, 0.25) is 18.2 Å². The van der Waals surface area contributed by atoms with Gasteiger partial charge in [-0.05, 0) is 80.9 Å². The molecule has 1 aromatic heterocycles. The lowest BCUT2D eigenvalue weighted by molar-refractivity contribution is -0.120. The molecule has 1 N–H and O–H groups in total. The fourth-order valence-corrected chi connectivity index (χ4v) is 6.21. The van der Waals surface area contributed by atoms with Gasteiger partial charge < -0.3 is 9.64 Å². The molecule has 9 nitrogen and oxygen atoms in total. The summed E-state index contributed by atoms with van der Waals surface area (Å²) >= 11 is 0. The van der Waals surface area contributed by atoms with Gasteiger partial charge in [0, 0.05) is 24.7 Å². The number of carbonyl (C=O) groups is 1. The number of benzene rings is 2. The van der Waals surface area contributed by atoms with E-state index in [4.69, 9.17) is 4.74 Å². The smallest absolute Gasteiger partial charge is 0.264 e. The van der Waals surface area contributed by atoms with Crippen LogP contribution in [0.15, 0.2) is 53.4 Å². The molecule has 4 rings (SSSR count). The number of carbonyl (C=O) groups excluding carboxylic acids is 1. The third-order valence-electron chi connectivity index (χ3n) is 7.40. The van der Waals surface area contributed by atoms with Crippen molar-refractivity contribution in [3.8, 4) is 17.1 Å². The summed E-state index contributed by atoms with van der Waals surface area (Å²) in [7, 11) is -3.95. The van der Waals surface area contributed by atoms with Gasteiger partial charge in [0.15, 0.2) is 0 Å². The summed E-state index contributed by atoms with van der Waals surface area (Å²) in [5.74, 6) is 0.172. The van der Waals surface area contributed by atoms with E-state index in [1.807, 2.05) is 45.0 Å². The Kier molecular flexibility index (Phi) is 9.89. The van der Waals surface area contributed by atoms with E-state index in [2.05, 4.69) is 40.4 Å². The van der Waals surface area contributed by atoms with Crippen molar-refractivity contribution in [2.75, 3.05) is 37.4 Å². The Morgan fingerprint density at radius 2 is 1.71 bits per heavy atom. The highest BCUT2D eigenvalue weighted by atomic mass is 32.2. The summed E-state index contributed by atoms with van der Waals surface area (Å²) in [5.41, 5.74) is 4.47. The molecule has 10 heteroatoms. The van der Waals surface area contributed by atoms with Gasteiger partial charge in [0.1, 0.15) is 6.10 Å². The third kappa shape index (κ3) is 8.51. The van der Waals surface area contributed by atoms with Crippen LogP contribution in [0.2, 0.25) is 0 Å². The van der Waals surface area contributed by atoms with Crippen LogP contribution in [-0.2, 0) is 14.8 Å². The van der Waals surface area contributed by atoms with Crippen molar-refractivity contribution in [2.45, 2.75) is 65.4 Å². The fourth-order valence-electron chi connectivity index (χ4n) is 5.16. The first-order chi connectivity index (χ1) is 19.8. The zero-order chi connectivity index (χ0) is 30.5. The van der Waals surface area contributed by atoms with E-state index in [0.717, 1.165) is 54.6 Å². The van der Waals surface area contributed by atoms with Gasteiger partial charge in [-0.2, -0.15) is 4.98 Å².